The summed E-state index contributed by atoms with van der Waals surface area (Å²) >= 11 is 0. The second-order valence-corrected chi connectivity index (χ2v) is 12.0. The van der Waals surface area contributed by atoms with E-state index in [9.17, 15) is 14.7 Å². The van der Waals surface area contributed by atoms with E-state index in [1.54, 1.807) is 6.07 Å². The van der Waals surface area contributed by atoms with Crippen LogP contribution >= 0.6 is 0 Å². The van der Waals surface area contributed by atoms with E-state index in [0.29, 0.717) is 37.0 Å². The molecule has 1 amide bonds. The first-order valence-electron chi connectivity index (χ1n) is 14.6. The van der Waals surface area contributed by atoms with Crippen molar-refractivity contribution in [1.82, 2.24) is 23.9 Å². The molecule has 0 aliphatic carbocycles. The van der Waals surface area contributed by atoms with Gasteiger partial charge in [0, 0.05) is 51.3 Å². The van der Waals surface area contributed by atoms with Crippen molar-refractivity contribution in [3.05, 3.63) is 100 Å². The van der Waals surface area contributed by atoms with Crippen LogP contribution in [0, 0.1) is 12.8 Å². The zero-order valence-corrected chi connectivity index (χ0v) is 23.9. The molecule has 8 nitrogen and oxygen atoms in total. The van der Waals surface area contributed by atoms with Crippen LogP contribution in [0.25, 0.3) is 11.0 Å². The van der Waals surface area contributed by atoms with Gasteiger partial charge in [-0.15, -0.1) is 0 Å². The zero-order chi connectivity index (χ0) is 28.6. The summed E-state index contributed by atoms with van der Waals surface area (Å²) in [5, 5.41) is 12.0. The number of hydrogen-bond donors (Lipinski definition) is 1. The Bertz CT molecular complexity index is 1590. The van der Waals surface area contributed by atoms with Gasteiger partial charge in [0.05, 0.1) is 17.5 Å². The molecule has 0 radical (unpaired) electrons. The van der Waals surface area contributed by atoms with Gasteiger partial charge in [0.2, 0.25) is 5.91 Å². The quantitative estimate of drug-likeness (QED) is 0.394. The summed E-state index contributed by atoms with van der Waals surface area (Å²) < 4.78 is 3.32. The Labute approximate surface area is 240 Å². The zero-order valence-electron chi connectivity index (χ0n) is 23.9. The lowest BCUT2D eigenvalue weighted by molar-refractivity contribution is -0.142. The largest absolute Gasteiger partial charge is 0.388 e. The van der Waals surface area contributed by atoms with Crippen LogP contribution in [-0.4, -0.2) is 66.7 Å². The standard InChI is InChI=1S/C33H39N5O3/c1-24-8-6-7-11-26(24)20-36-17-13-27(29(21-36)25-9-4-3-5-10-25)31(39)37-18-14-33(41,15-19-37)22-38-23-34-30-28(32(38)40)12-16-35(30)2/h3-12,16,23,27,29,41H,13-15,17-22H2,1-2H3/t27-,29+/m1/s1. The van der Waals surface area contributed by atoms with Gasteiger partial charge in [0.25, 0.3) is 5.56 Å². The van der Waals surface area contributed by atoms with Crippen LogP contribution in [0.15, 0.2) is 78.0 Å². The number of aryl methyl sites for hydroxylation is 2. The fourth-order valence-corrected chi connectivity index (χ4v) is 6.67. The van der Waals surface area contributed by atoms with Gasteiger partial charge in [-0.25, -0.2) is 4.98 Å². The highest BCUT2D eigenvalue weighted by atomic mass is 16.3. The molecule has 2 aliphatic heterocycles. The van der Waals surface area contributed by atoms with E-state index in [1.165, 1.54) is 27.6 Å². The molecule has 0 saturated carbocycles. The third-order valence-electron chi connectivity index (χ3n) is 9.22. The minimum absolute atomic E-state index is 0.0935. The molecule has 8 heteroatoms. The van der Waals surface area contributed by atoms with Crippen molar-refractivity contribution in [2.24, 2.45) is 13.0 Å². The van der Waals surface area contributed by atoms with Gasteiger partial charge in [-0.05, 0) is 55.5 Å². The highest BCUT2D eigenvalue weighted by molar-refractivity contribution is 5.80. The van der Waals surface area contributed by atoms with Gasteiger partial charge >= 0.3 is 0 Å². The monoisotopic (exact) mass is 553 g/mol. The Morgan fingerprint density at radius 2 is 1.76 bits per heavy atom. The molecule has 41 heavy (non-hydrogen) atoms. The van der Waals surface area contributed by atoms with E-state index in [1.807, 2.05) is 28.8 Å². The summed E-state index contributed by atoms with van der Waals surface area (Å²) in [7, 11) is 1.86. The van der Waals surface area contributed by atoms with Crippen LogP contribution in [0.1, 0.15) is 41.9 Å². The smallest absolute Gasteiger partial charge is 0.262 e. The lowest BCUT2D eigenvalue weighted by atomic mass is 9.79. The number of likely N-dealkylation sites (tertiary alicyclic amines) is 2. The highest BCUT2D eigenvalue weighted by Gasteiger charge is 2.41. The van der Waals surface area contributed by atoms with E-state index < -0.39 is 5.60 Å². The molecule has 0 bridgehead atoms. The van der Waals surface area contributed by atoms with Gasteiger partial charge in [-0.1, -0.05) is 54.6 Å². The number of nitrogens with zero attached hydrogens (tertiary/aromatic N) is 5. The Morgan fingerprint density at radius 1 is 1.02 bits per heavy atom. The minimum atomic E-state index is -1.06. The lowest BCUT2D eigenvalue weighted by Crippen LogP contribution is -2.53. The molecule has 4 aromatic rings. The SMILES string of the molecule is Cc1ccccc1CN1CC[C@@H](C(=O)N2CCC(O)(Cn3cnc4c(ccn4C)c3=O)CC2)[C@H](c2ccccc2)C1. The molecule has 2 fully saturated rings. The van der Waals surface area contributed by atoms with E-state index >= 15 is 0 Å². The van der Waals surface area contributed by atoms with Crippen molar-refractivity contribution in [1.29, 1.82) is 0 Å². The van der Waals surface area contributed by atoms with Gasteiger partial charge in [-0.2, -0.15) is 0 Å². The predicted molar refractivity (Wildman–Crippen MR) is 159 cm³/mol. The molecule has 2 atom stereocenters. The summed E-state index contributed by atoms with van der Waals surface area (Å²) in [6, 6.07) is 20.7. The summed E-state index contributed by atoms with van der Waals surface area (Å²) in [6.07, 6.45) is 5.01. The van der Waals surface area contributed by atoms with Crippen LogP contribution in [0.3, 0.4) is 0 Å². The van der Waals surface area contributed by atoms with Crippen molar-refractivity contribution in [3.63, 3.8) is 0 Å². The van der Waals surface area contributed by atoms with E-state index in [2.05, 4.69) is 65.3 Å². The number of amides is 1. The van der Waals surface area contributed by atoms with Crippen molar-refractivity contribution in [3.8, 4) is 0 Å². The van der Waals surface area contributed by atoms with Gasteiger partial charge in [-0.3, -0.25) is 19.1 Å². The summed E-state index contributed by atoms with van der Waals surface area (Å²) in [6.45, 7) is 5.90. The molecule has 214 valence electrons. The molecule has 1 N–H and O–H groups in total. The molecule has 4 heterocycles. The van der Waals surface area contributed by atoms with Crippen LogP contribution in [-0.2, 0) is 24.9 Å². The average Bonchev–Trinajstić information content (AvgIpc) is 3.37. The van der Waals surface area contributed by atoms with Gasteiger partial charge in [0.15, 0.2) is 0 Å². The molecule has 2 saturated heterocycles. The Hall–Kier alpha value is -3.75. The lowest BCUT2D eigenvalue weighted by Gasteiger charge is -2.43. The molecule has 2 aliphatic rings. The number of carbonyl (C=O) groups excluding carboxylic acids is 1. The number of piperidine rings is 2. The van der Waals surface area contributed by atoms with Crippen LogP contribution in [0.2, 0.25) is 0 Å². The van der Waals surface area contributed by atoms with Gasteiger partial charge in [0.1, 0.15) is 12.0 Å². The summed E-state index contributed by atoms with van der Waals surface area (Å²) in [5.74, 6) is 0.203. The van der Waals surface area contributed by atoms with Crippen LogP contribution < -0.4 is 5.56 Å². The second kappa shape index (κ2) is 11.3. The maximum atomic E-state index is 14.0. The first-order chi connectivity index (χ1) is 19.8. The average molecular weight is 554 g/mol. The Morgan fingerprint density at radius 3 is 2.51 bits per heavy atom. The fraction of sp³-hybridized carbons (Fsp3) is 0.424. The van der Waals surface area contributed by atoms with Crippen molar-refractivity contribution >= 4 is 16.9 Å². The number of carbonyl (C=O) groups is 1. The summed E-state index contributed by atoms with van der Waals surface area (Å²) in [5.41, 5.74) is 3.27. The summed E-state index contributed by atoms with van der Waals surface area (Å²) in [4.78, 5) is 35.8. The second-order valence-electron chi connectivity index (χ2n) is 12.0. The third kappa shape index (κ3) is 5.59. The van der Waals surface area contributed by atoms with Gasteiger partial charge < -0.3 is 14.6 Å². The molecule has 2 aromatic carbocycles. The number of hydrogen-bond acceptors (Lipinski definition) is 5. The molecule has 6 rings (SSSR count). The molecular weight excluding hydrogens is 514 g/mol. The number of rotatable bonds is 6. The fourth-order valence-electron chi connectivity index (χ4n) is 6.67. The number of aromatic nitrogens is 3. The van der Waals surface area contributed by atoms with E-state index in [-0.39, 0.29) is 29.8 Å². The van der Waals surface area contributed by atoms with E-state index in [4.69, 9.17) is 0 Å². The first-order valence-corrected chi connectivity index (χ1v) is 14.6. The molecular formula is C33H39N5O3. The van der Waals surface area contributed by atoms with Crippen LogP contribution in [0.4, 0.5) is 0 Å². The molecule has 0 spiro atoms. The molecule has 0 unspecified atom stereocenters. The maximum absolute atomic E-state index is 14.0. The van der Waals surface area contributed by atoms with Crippen LogP contribution in [0.5, 0.6) is 0 Å². The number of benzene rings is 2. The minimum Gasteiger partial charge on any atom is -0.388 e. The first kappa shape index (κ1) is 27.4. The third-order valence-corrected chi connectivity index (χ3v) is 9.22. The maximum Gasteiger partial charge on any atom is 0.262 e. The van der Waals surface area contributed by atoms with Crippen molar-refractivity contribution in [2.45, 2.75) is 50.8 Å². The molecule has 2 aromatic heterocycles. The normalized spacial score (nSPS) is 21.3. The van der Waals surface area contributed by atoms with Crippen molar-refractivity contribution < 1.29 is 9.90 Å². The van der Waals surface area contributed by atoms with Crippen molar-refractivity contribution in [2.75, 3.05) is 26.2 Å². The predicted octanol–water partition coefficient (Wildman–Crippen LogP) is 3.70. The Kier molecular flexibility index (Phi) is 7.53. The number of aliphatic hydroxyl groups is 1. The van der Waals surface area contributed by atoms with E-state index in [0.717, 1.165) is 26.1 Å². The topological polar surface area (TPSA) is 83.6 Å². The Balaban J connectivity index is 1.14. The highest BCUT2D eigenvalue weighted by Crippen LogP contribution is 2.36. The number of fused-ring (bicyclic) bond motifs is 1.